The molecule has 1 fully saturated rings. The Labute approximate surface area is 267 Å². The molecule has 6 aromatic rings. The topological polar surface area (TPSA) is 121 Å². The van der Waals surface area contributed by atoms with Crippen LogP contribution < -0.4 is 4.74 Å². The molecule has 234 valence electrons. The van der Waals surface area contributed by atoms with Gasteiger partial charge in [0.25, 0.3) is 0 Å². The van der Waals surface area contributed by atoms with Gasteiger partial charge in [-0.15, -0.1) is 0 Å². The molecule has 1 aliphatic rings. The van der Waals surface area contributed by atoms with Crippen molar-refractivity contribution in [2.45, 2.75) is 38.0 Å². The zero-order chi connectivity index (χ0) is 32.5. The van der Waals surface area contributed by atoms with E-state index in [1.807, 2.05) is 15.3 Å². The van der Waals surface area contributed by atoms with Crippen molar-refractivity contribution in [3.8, 4) is 23.2 Å². The highest BCUT2D eigenvalue weighted by Gasteiger charge is 2.46. The first-order valence-electron chi connectivity index (χ1n) is 14.9. The van der Waals surface area contributed by atoms with Crippen molar-refractivity contribution < 1.29 is 23.0 Å². The molecule has 0 aliphatic heterocycles. The fourth-order valence-corrected chi connectivity index (χ4v) is 5.64. The number of rotatable bonds is 10. The van der Waals surface area contributed by atoms with Crippen molar-refractivity contribution in [3.05, 3.63) is 125 Å². The van der Waals surface area contributed by atoms with Gasteiger partial charge in [0.1, 0.15) is 36.7 Å². The number of halogens is 2. The summed E-state index contributed by atoms with van der Waals surface area (Å²) in [5.41, 5.74) is 3.51. The Morgan fingerprint density at radius 3 is 2.55 bits per heavy atom. The van der Waals surface area contributed by atoms with Gasteiger partial charge in [-0.05, 0) is 60.9 Å². The third kappa shape index (κ3) is 5.91. The van der Waals surface area contributed by atoms with Crippen LogP contribution in [0.1, 0.15) is 45.7 Å². The molecule has 0 unspecified atom stereocenters. The van der Waals surface area contributed by atoms with E-state index in [-0.39, 0.29) is 35.6 Å². The number of fused-ring (bicyclic) bond motifs is 1. The van der Waals surface area contributed by atoms with Gasteiger partial charge >= 0.3 is 5.97 Å². The standard InChI is InChI=1S/C35H27F2N7O3/c1-46-34(45)25-9-10-30-31(15-25)43(19-35(11-12-35)44-21-39-20-40-44)32(41-30)16-23-7-8-24(14-28(23)37)29-3-2-4-33(42-29)47-18-26-6-5-22(17-38)13-27(26)36/h2-10,13-15,20-21H,11-12,16,18-19H2,1H3. The molecule has 3 heterocycles. The molecule has 10 nitrogen and oxygen atoms in total. The molecule has 0 radical (unpaired) electrons. The van der Waals surface area contributed by atoms with Crippen LogP contribution in [0, 0.1) is 23.0 Å². The smallest absolute Gasteiger partial charge is 0.337 e. The number of hydrogen-bond acceptors (Lipinski definition) is 8. The second-order valence-corrected chi connectivity index (χ2v) is 11.4. The molecule has 7 rings (SSSR count). The summed E-state index contributed by atoms with van der Waals surface area (Å²) in [4.78, 5) is 25.8. The lowest BCUT2D eigenvalue weighted by Gasteiger charge is -2.19. The number of imidazole rings is 1. The van der Waals surface area contributed by atoms with E-state index in [1.54, 1.807) is 54.9 Å². The van der Waals surface area contributed by atoms with E-state index in [0.29, 0.717) is 40.3 Å². The molecular formula is C35H27F2N7O3. The van der Waals surface area contributed by atoms with E-state index < -0.39 is 17.6 Å². The number of benzene rings is 3. The van der Waals surface area contributed by atoms with E-state index in [1.165, 1.54) is 31.6 Å². The Morgan fingerprint density at radius 1 is 1.00 bits per heavy atom. The Kier molecular flexibility index (Phi) is 7.65. The van der Waals surface area contributed by atoms with Crippen LogP contribution in [0.4, 0.5) is 8.78 Å². The van der Waals surface area contributed by atoms with Gasteiger partial charge in [-0.1, -0.05) is 24.3 Å². The molecule has 1 aliphatic carbocycles. The fraction of sp³-hybridized carbons (Fsp3) is 0.200. The highest BCUT2D eigenvalue weighted by Crippen LogP contribution is 2.45. The van der Waals surface area contributed by atoms with Crippen molar-refractivity contribution in [1.82, 2.24) is 29.3 Å². The van der Waals surface area contributed by atoms with Crippen LogP contribution in [-0.4, -0.2) is 42.4 Å². The average Bonchev–Trinajstić information content (AvgIpc) is 3.50. The zero-order valence-corrected chi connectivity index (χ0v) is 25.2. The highest BCUT2D eigenvalue weighted by molar-refractivity contribution is 5.93. The second kappa shape index (κ2) is 12.1. The number of carbonyl (C=O) groups excluding carboxylic acids is 1. The van der Waals surface area contributed by atoms with E-state index in [2.05, 4.69) is 15.1 Å². The first-order valence-corrected chi connectivity index (χ1v) is 14.9. The highest BCUT2D eigenvalue weighted by atomic mass is 19.1. The van der Waals surface area contributed by atoms with Crippen molar-refractivity contribution in [1.29, 1.82) is 5.26 Å². The maximum Gasteiger partial charge on any atom is 0.337 e. The summed E-state index contributed by atoms with van der Waals surface area (Å²) < 4.78 is 44.6. The average molecular weight is 632 g/mol. The minimum absolute atomic E-state index is 0.0817. The number of esters is 1. The minimum atomic E-state index is -0.541. The first-order chi connectivity index (χ1) is 22.9. The lowest BCUT2D eigenvalue weighted by molar-refractivity contribution is 0.0601. The van der Waals surface area contributed by atoms with Crippen molar-refractivity contribution >= 4 is 17.0 Å². The van der Waals surface area contributed by atoms with Crippen LogP contribution >= 0.6 is 0 Å². The lowest BCUT2D eigenvalue weighted by atomic mass is 10.1. The van der Waals surface area contributed by atoms with E-state index in [0.717, 1.165) is 24.4 Å². The molecule has 12 heteroatoms. The van der Waals surface area contributed by atoms with Gasteiger partial charge in [0.2, 0.25) is 5.88 Å². The minimum Gasteiger partial charge on any atom is -0.473 e. The SMILES string of the molecule is COC(=O)c1ccc2nc(Cc3ccc(-c4cccc(OCc5ccc(C#N)cc5F)n4)cc3F)n(CC3(n4cncn4)CC3)c2c1. The first kappa shape index (κ1) is 29.7. The van der Waals surface area contributed by atoms with E-state index >= 15 is 4.39 Å². The van der Waals surface area contributed by atoms with E-state index in [9.17, 15) is 9.18 Å². The molecule has 3 aromatic heterocycles. The van der Waals surface area contributed by atoms with Crippen LogP contribution in [0.2, 0.25) is 0 Å². The van der Waals surface area contributed by atoms with Gasteiger partial charge in [0.15, 0.2) is 0 Å². The summed E-state index contributed by atoms with van der Waals surface area (Å²) in [6.45, 7) is 0.442. The summed E-state index contributed by atoms with van der Waals surface area (Å²) in [6, 6.07) is 21.3. The number of methoxy groups -OCH3 is 1. The number of ether oxygens (including phenoxy) is 2. The van der Waals surface area contributed by atoms with Gasteiger partial charge < -0.3 is 14.0 Å². The molecule has 1 saturated carbocycles. The normalized spacial score (nSPS) is 13.3. The number of nitrogens with zero attached hydrogens (tertiary/aromatic N) is 7. The van der Waals surface area contributed by atoms with Gasteiger partial charge in [0.05, 0.1) is 46.6 Å². The Balaban J connectivity index is 1.15. The largest absolute Gasteiger partial charge is 0.473 e. The molecular weight excluding hydrogens is 604 g/mol. The van der Waals surface area contributed by atoms with Crippen molar-refractivity contribution in [3.63, 3.8) is 0 Å². The van der Waals surface area contributed by atoms with Gasteiger partial charge in [-0.2, -0.15) is 10.4 Å². The summed E-state index contributed by atoms with van der Waals surface area (Å²) in [7, 11) is 1.34. The quantitative estimate of drug-likeness (QED) is 0.169. The Hall–Kier alpha value is -5.96. The monoisotopic (exact) mass is 631 g/mol. The molecule has 0 N–H and O–H groups in total. The van der Waals surface area contributed by atoms with Crippen molar-refractivity contribution in [2.24, 2.45) is 0 Å². The van der Waals surface area contributed by atoms with Crippen LogP contribution in [0.15, 0.2) is 85.5 Å². The molecule has 0 bridgehead atoms. The Morgan fingerprint density at radius 2 is 1.83 bits per heavy atom. The third-order valence-corrected chi connectivity index (χ3v) is 8.41. The summed E-state index contributed by atoms with van der Waals surface area (Å²) in [6.07, 6.45) is 5.20. The fourth-order valence-electron chi connectivity index (χ4n) is 5.64. The number of pyridine rings is 1. The zero-order valence-electron chi connectivity index (χ0n) is 25.2. The van der Waals surface area contributed by atoms with Crippen LogP contribution in [0.3, 0.4) is 0 Å². The second-order valence-electron chi connectivity index (χ2n) is 11.4. The summed E-state index contributed by atoms with van der Waals surface area (Å²) in [5.74, 6) is -0.534. The molecule has 0 spiro atoms. The summed E-state index contributed by atoms with van der Waals surface area (Å²) in [5, 5.41) is 13.3. The van der Waals surface area contributed by atoms with Crippen LogP contribution in [0.25, 0.3) is 22.3 Å². The van der Waals surface area contributed by atoms with E-state index in [4.69, 9.17) is 19.7 Å². The number of carbonyl (C=O) groups is 1. The molecule has 0 amide bonds. The van der Waals surface area contributed by atoms with Gasteiger partial charge in [-0.3, -0.25) is 0 Å². The maximum atomic E-state index is 15.7. The number of nitriles is 1. The predicted octanol–water partition coefficient (Wildman–Crippen LogP) is 5.99. The molecule has 3 aromatic carbocycles. The predicted molar refractivity (Wildman–Crippen MR) is 166 cm³/mol. The third-order valence-electron chi connectivity index (χ3n) is 8.41. The molecule has 0 atom stereocenters. The number of aromatic nitrogens is 6. The maximum absolute atomic E-state index is 15.7. The molecule has 0 saturated heterocycles. The Bertz CT molecular complexity index is 2170. The summed E-state index contributed by atoms with van der Waals surface area (Å²) >= 11 is 0. The number of hydrogen-bond donors (Lipinski definition) is 0. The van der Waals surface area contributed by atoms with Crippen LogP contribution in [0.5, 0.6) is 5.88 Å². The van der Waals surface area contributed by atoms with Gasteiger partial charge in [-0.25, -0.2) is 33.2 Å². The molecule has 47 heavy (non-hydrogen) atoms. The van der Waals surface area contributed by atoms with Gasteiger partial charge in [0, 0.05) is 30.2 Å². The van der Waals surface area contributed by atoms with Crippen LogP contribution in [-0.2, 0) is 29.8 Å². The lowest BCUT2D eigenvalue weighted by Crippen LogP contribution is -2.25. The van der Waals surface area contributed by atoms with Crippen molar-refractivity contribution in [2.75, 3.05) is 7.11 Å².